The normalized spacial score (nSPS) is 32.7. The van der Waals surface area contributed by atoms with Crippen LogP contribution in [-0.4, -0.2) is 150 Å². The molecule has 2 aliphatic rings. The molecule has 308 valence electrons. The van der Waals surface area contributed by atoms with Crippen LogP contribution in [0.1, 0.15) is 116 Å². The van der Waals surface area contributed by atoms with Crippen molar-refractivity contribution >= 4 is 13.8 Å². The summed E-state index contributed by atoms with van der Waals surface area (Å²) < 4.78 is 38.1. The van der Waals surface area contributed by atoms with Gasteiger partial charge in [0.15, 0.2) is 6.29 Å². The van der Waals surface area contributed by atoms with Gasteiger partial charge in [0.25, 0.3) is 0 Å². The van der Waals surface area contributed by atoms with Crippen molar-refractivity contribution in [2.75, 3.05) is 19.8 Å². The molecule has 0 amide bonds. The number of phosphoric ester groups is 1. The molecule has 1 saturated carbocycles. The summed E-state index contributed by atoms with van der Waals surface area (Å²) in [4.78, 5) is 22.4. The van der Waals surface area contributed by atoms with Crippen LogP contribution in [0.5, 0.6) is 0 Å². The second-order valence-electron chi connectivity index (χ2n) is 14.0. The molecule has 6 unspecified atom stereocenters. The maximum Gasteiger partial charge on any atom is 0.472 e. The third-order valence-corrected chi connectivity index (χ3v) is 10.5. The number of esters is 1. The number of ether oxygens (including phenoxy) is 3. The zero-order valence-electron chi connectivity index (χ0n) is 30.3. The summed E-state index contributed by atoms with van der Waals surface area (Å²) in [5.41, 5.74) is 0. The van der Waals surface area contributed by atoms with Gasteiger partial charge in [-0.15, -0.1) is 0 Å². The number of rotatable bonds is 27. The molecule has 10 N–H and O–H groups in total. The smallest absolute Gasteiger partial charge is 0.463 e. The first kappa shape index (κ1) is 47.3. The monoisotopic (exact) mass is 776 g/mol. The molecule has 1 aliphatic carbocycles. The first-order valence-electron chi connectivity index (χ1n) is 18.9. The Morgan fingerprint density at radius 3 is 1.62 bits per heavy atom. The van der Waals surface area contributed by atoms with Crippen LogP contribution in [0.15, 0.2) is 0 Å². The highest BCUT2D eigenvalue weighted by Gasteiger charge is 2.55. The third kappa shape index (κ3) is 16.5. The van der Waals surface area contributed by atoms with Gasteiger partial charge in [-0.1, -0.05) is 103 Å². The van der Waals surface area contributed by atoms with Gasteiger partial charge >= 0.3 is 13.8 Å². The average Bonchev–Trinajstić information content (AvgIpc) is 3.12. The summed E-state index contributed by atoms with van der Waals surface area (Å²) in [6.45, 7) is -0.0410. The average molecular weight is 777 g/mol. The molecule has 0 aromatic heterocycles. The first-order chi connectivity index (χ1) is 24.7. The standard InChI is InChI=1S/C34H65O17P/c1-2-3-4-5-6-7-8-9-10-11-12-13-14-15-16-17-18-24(37)47-20-22(36)21-48-52(45,46)51-33-30(43)28(41)27(40)29(42)32(33)50-34-31(44)26(39)25(38)23(19-35)49-34/h22-23,25-36,38-44H,2-21H2,1H3,(H,45,46)/t22-,23?,25-,26?,27-,28?,29?,30?,31-,32-,33-,34-/m1/s1. The van der Waals surface area contributed by atoms with Crippen molar-refractivity contribution in [1.29, 1.82) is 0 Å². The highest BCUT2D eigenvalue weighted by molar-refractivity contribution is 7.47. The van der Waals surface area contributed by atoms with Crippen molar-refractivity contribution in [2.24, 2.45) is 0 Å². The Morgan fingerprint density at radius 2 is 1.12 bits per heavy atom. The van der Waals surface area contributed by atoms with Gasteiger partial charge in [-0.05, 0) is 6.42 Å². The summed E-state index contributed by atoms with van der Waals surface area (Å²) >= 11 is 0. The highest BCUT2D eigenvalue weighted by atomic mass is 31.2. The Hall–Kier alpha value is -0.860. The lowest BCUT2D eigenvalue weighted by Crippen LogP contribution is -2.67. The minimum Gasteiger partial charge on any atom is -0.463 e. The Labute approximate surface area is 306 Å². The number of hydrogen-bond donors (Lipinski definition) is 10. The third-order valence-electron chi connectivity index (χ3n) is 9.54. The van der Waals surface area contributed by atoms with E-state index in [4.69, 9.17) is 23.3 Å². The van der Waals surface area contributed by atoms with Gasteiger partial charge in [0, 0.05) is 6.42 Å². The molecule has 2 rings (SSSR count). The number of unbranched alkanes of at least 4 members (excludes halogenated alkanes) is 15. The van der Waals surface area contributed by atoms with Gasteiger partial charge in [0.2, 0.25) is 0 Å². The van der Waals surface area contributed by atoms with Gasteiger partial charge in [0.1, 0.15) is 73.8 Å². The van der Waals surface area contributed by atoms with Gasteiger partial charge in [0.05, 0.1) is 13.2 Å². The maximum atomic E-state index is 12.8. The number of hydrogen-bond acceptors (Lipinski definition) is 16. The number of phosphoric acid groups is 1. The molecule has 1 heterocycles. The molecule has 1 saturated heterocycles. The van der Waals surface area contributed by atoms with Crippen LogP contribution < -0.4 is 0 Å². The number of carbonyl (C=O) groups excluding carboxylic acids is 1. The van der Waals surface area contributed by atoms with Crippen molar-refractivity contribution in [3.05, 3.63) is 0 Å². The zero-order chi connectivity index (χ0) is 38.7. The topological polar surface area (TPSA) is 283 Å². The van der Waals surface area contributed by atoms with E-state index in [0.29, 0.717) is 6.42 Å². The summed E-state index contributed by atoms with van der Waals surface area (Å²) in [5, 5.41) is 91.3. The Balaban J connectivity index is 1.67. The largest absolute Gasteiger partial charge is 0.472 e. The molecule has 13 atom stereocenters. The van der Waals surface area contributed by atoms with E-state index in [2.05, 4.69) is 6.92 Å². The summed E-state index contributed by atoms with van der Waals surface area (Å²) in [5.74, 6) is -0.562. The van der Waals surface area contributed by atoms with E-state index in [1.54, 1.807) is 0 Å². The van der Waals surface area contributed by atoms with Crippen LogP contribution in [0.3, 0.4) is 0 Å². The van der Waals surface area contributed by atoms with Crippen LogP contribution >= 0.6 is 7.82 Å². The van der Waals surface area contributed by atoms with Crippen LogP contribution in [-0.2, 0) is 32.6 Å². The predicted octanol–water partition coefficient (Wildman–Crippen LogP) is 0.687. The number of aliphatic hydroxyl groups excluding tert-OH is 9. The van der Waals surface area contributed by atoms with E-state index in [-0.39, 0.29) is 6.42 Å². The molecular weight excluding hydrogens is 711 g/mol. The Morgan fingerprint density at radius 1 is 0.654 bits per heavy atom. The van der Waals surface area contributed by atoms with Gasteiger partial charge in [-0.3, -0.25) is 13.8 Å². The number of carbonyl (C=O) groups is 1. The van der Waals surface area contributed by atoms with Crippen molar-refractivity contribution in [3.8, 4) is 0 Å². The van der Waals surface area contributed by atoms with Crippen molar-refractivity contribution < 1.29 is 83.5 Å². The summed E-state index contributed by atoms with van der Waals surface area (Å²) in [6.07, 6.45) is -3.95. The molecule has 0 spiro atoms. The molecule has 1 aliphatic heterocycles. The number of aliphatic hydroxyl groups is 9. The van der Waals surface area contributed by atoms with Gasteiger partial charge in [-0.25, -0.2) is 4.57 Å². The molecule has 2 fully saturated rings. The summed E-state index contributed by atoms with van der Waals surface area (Å²) in [7, 11) is -5.24. The quantitative estimate of drug-likeness (QED) is 0.0312. The fraction of sp³-hybridized carbons (Fsp3) is 0.971. The van der Waals surface area contributed by atoms with E-state index in [9.17, 15) is 60.2 Å². The van der Waals surface area contributed by atoms with E-state index in [0.717, 1.165) is 19.3 Å². The predicted molar refractivity (Wildman–Crippen MR) is 184 cm³/mol. The van der Waals surface area contributed by atoms with E-state index in [1.165, 1.54) is 77.0 Å². The summed E-state index contributed by atoms with van der Waals surface area (Å²) in [6, 6.07) is 0. The van der Waals surface area contributed by atoms with Crippen LogP contribution in [0.4, 0.5) is 0 Å². The molecule has 0 aromatic carbocycles. The molecule has 0 radical (unpaired) electrons. The lowest BCUT2D eigenvalue weighted by Gasteiger charge is -2.47. The molecule has 0 bridgehead atoms. The second kappa shape index (κ2) is 25.3. The maximum absolute atomic E-state index is 12.8. The van der Waals surface area contributed by atoms with Crippen molar-refractivity contribution in [3.63, 3.8) is 0 Å². The van der Waals surface area contributed by atoms with Gasteiger partial charge in [-0.2, -0.15) is 0 Å². The van der Waals surface area contributed by atoms with E-state index in [1.807, 2.05) is 0 Å². The fourth-order valence-electron chi connectivity index (χ4n) is 6.29. The zero-order valence-corrected chi connectivity index (χ0v) is 31.2. The molecular formula is C34H65O17P. The molecule has 0 aromatic rings. The Bertz CT molecular complexity index is 1010. The van der Waals surface area contributed by atoms with E-state index >= 15 is 0 Å². The van der Waals surface area contributed by atoms with E-state index < -0.39 is 107 Å². The van der Waals surface area contributed by atoms with Crippen LogP contribution in [0.2, 0.25) is 0 Å². The van der Waals surface area contributed by atoms with Crippen LogP contribution in [0, 0.1) is 0 Å². The Kier molecular flexibility index (Phi) is 23.0. The van der Waals surface area contributed by atoms with Crippen molar-refractivity contribution in [1.82, 2.24) is 0 Å². The fourth-order valence-corrected chi connectivity index (χ4v) is 7.26. The molecule has 18 heteroatoms. The lowest BCUT2D eigenvalue weighted by molar-refractivity contribution is -0.338. The van der Waals surface area contributed by atoms with Crippen molar-refractivity contribution in [2.45, 2.75) is 190 Å². The van der Waals surface area contributed by atoms with Gasteiger partial charge < -0.3 is 65.1 Å². The minimum absolute atomic E-state index is 0.138. The second-order valence-corrected chi connectivity index (χ2v) is 15.4. The van der Waals surface area contributed by atoms with Crippen LogP contribution in [0.25, 0.3) is 0 Å². The SMILES string of the molecule is CCCCCCCCCCCCCCCCCCC(=O)OC[C@@H](O)COP(=O)(O)O[C@@H]1C(O)C(O)[C@@H](O)C(O)[C@H]1O[C@H]1OC(CO)[C@@H](O)C(O)[C@H]1O. The highest BCUT2D eigenvalue weighted by Crippen LogP contribution is 2.47. The minimum atomic E-state index is -5.24. The molecule has 52 heavy (non-hydrogen) atoms. The lowest BCUT2D eigenvalue weighted by atomic mass is 9.84. The molecule has 17 nitrogen and oxygen atoms in total. The first-order valence-corrected chi connectivity index (χ1v) is 20.4.